The molecule has 2 unspecified atom stereocenters. The molecule has 0 aromatic heterocycles. The first-order valence-corrected chi connectivity index (χ1v) is 11.3. The second-order valence-electron chi connectivity index (χ2n) is 8.02. The zero-order chi connectivity index (χ0) is 21.5. The number of carbonyl (C=O) groups is 1. The summed E-state index contributed by atoms with van der Waals surface area (Å²) in [5.74, 6) is 1.82. The maximum Gasteiger partial charge on any atom is 0.239 e. The van der Waals surface area contributed by atoms with Gasteiger partial charge in [-0.25, -0.2) is 0 Å². The van der Waals surface area contributed by atoms with Crippen molar-refractivity contribution in [1.82, 2.24) is 20.0 Å². The topological polar surface area (TPSA) is 60.4 Å². The van der Waals surface area contributed by atoms with Crippen LogP contribution >= 0.6 is 11.6 Å². The lowest BCUT2D eigenvalue weighted by Crippen LogP contribution is -2.57. The van der Waals surface area contributed by atoms with Crippen molar-refractivity contribution in [3.63, 3.8) is 0 Å². The normalized spacial score (nSPS) is 20.2. The molecule has 1 N–H and O–H groups in total. The van der Waals surface area contributed by atoms with Gasteiger partial charge in [0, 0.05) is 46.3 Å². The quantitative estimate of drug-likeness (QED) is 0.549. The molecule has 0 spiro atoms. The van der Waals surface area contributed by atoms with E-state index in [1.807, 2.05) is 43.0 Å². The van der Waals surface area contributed by atoms with Crippen molar-refractivity contribution in [3.05, 3.63) is 29.3 Å². The van der Waals surface area contributed by atoms with Crippen molar-refractivity contribution < 1.29 is 9.53 Å². The number of halogens is 1. The van der Waals surface area contributed by atoms with Crippen LogP contribution < -0.4 is 10.1 Å². The fraction of sp³-hybridized carbons (Fsp3) is 0.636. The Kier molecular flexibility index (Phi) is 8.22. The van der Waals surface area contributed by atoms with Gasteiger partial charge in [0.05, 0.1) is 17.6 Å². The standard InChI is InChI=1S/C22H34ClN5O2/c1-17(30-20-9-5-4-8-19(20)23)16-25-22(24-3)28-14-12-26(13-15-28)18(2)21(29)27-10-6-7-11-27/h4-5,8-9,17-18H,6-7,10-16H2,1-3H3,(H,24,25). The van der Waals surface area contributed by atoms with Crippen LogP contribution in [-0.4, -0.2) is 91.6 Å². The van der Waals surface area contributed by atoms with E-state index in [1.165, 1.54) is 0 Å². The molecule has 8 heteroatoms. The Labute approximate surface area is 185 Å². The SMILES string of the molecule is CN=C(NCC(C)Oc1ccccc1Cl)N1CCN(C(C)C(=O)N2CCCC2)CC1. The molecule has 2 saturated heterocycles. The molecule has 1 amide bonds. The van der Waals surface area contributed by atoms with E-state index in [1.54, 1.807) is 7.05 Å². The Hall–Kier alpha value is -1.99. The van der Waals surface area contributed by atoms with Gasteiger partial charge < -0.3 is 19.9 Å². The van der Waals surface area contributed by atoms with Gasteiger partial charge in [0.15, 0.2) is 5.96 Å². The number of benzene rings is 1. The van der Waals surface area contributed by atoms with Gasteiger partial charge in [0.25, 0.3) is 0 Å². The number of para-hydroxylation sites is 1. The van der Waals surface area contributed by atoms with E-state index in [9.17, 15) is 4.79 Å². The molecule has 0 aliphatic carbocycles. The fourth-order valence-electron chi connectivity index (χ4n) is 4.04. The van der Waals surface area contributed by atoms with Crippen molar-refractivity contribution in [2.45, 2.75) is 38.8 Å². The smallest absolute Gasteiger partial charge is 0.239 e. The molecular formula is C22H34ClN5O2. The number of ether oxygens (including phenoxy) is 1. The molecule has 2 atom stereocenters. The molecular weight excluding hydrogens is 402 g/mol. The van der Waals surface area contributed by atoms with E-state index in [-0.39, 0.29) is 18.1 Å². The molecule has 1 aromatic carbocycles. The molecule has 0 bridgehead atoms. The molecule has 2 aliphatic heterocycles. The van der Waals surface area contributed by atoms with Crippen LogP contribution in [0.25, 0.3) is 0 Å². The van der Waals surface area contributed by atoms with Crippen molar-refractivity contribution in [2.24, 2.45) is 4.99 Å². The van der Waals surface area contributed by atoms with Gasteiger partial charge in [-0.15, -0.1) is 0 Å². The van der Waals surface area contributed by atoms with Gasteiger partial charge in [-0.1, -0.05) is 23.7 Å². The number of hydrogen-bond donors (Lipinski definition) is 1. The van der Waals surface area contributed by atoms with Crippen LogP contribution in [0.5, 0.6) is 5.75 Å². The van der Waals surface area contributed by atoms with E-state index in [4.69, 9.17) is 16.3 Å². The monoisotopic (exact) mass is 435 g/mol. The molecule has 1 aromatic rings. The first-order valence-electron chi connectivity index (χ1n) is 10.9. The van der Waals surface area contributed by atoms with Crippen LogP contribution in [0.4, 0.5) is 0 Å². The summed E-state index contributed by atoms with van der Waals surface area (Å²) in [6, 6.07) is 7.45. The van der Waals surface area contributed by atoms with Gasteiger partial charge in [-0.2, -0.15) is 0 Å². The first kappa shape index (κ1) is 22.7. The third-order valence-corrected chi connectivity index (χ3v) is 6.17. The average molecular weight is 436 g/mol. The summed E-state index contributed by atoms with van der Waals surface area (Å²) < 4.78 is 5.93. The highest BCUT2D eigenvalue weighted by molar-refractivity contribution is 6.32. The van der Waals surface area contributed by atoms with Crippen LogP contribution in [0, 0.1) is 0 Å². The van der Waals surface area contributed by atoms with Crippen molar-refractivity contribution in [1.29, 1.82) is 0 Å². The van der Waals surface area contributed by atoms with Crippen LogP contribution in [0.15, 0.2) is 29.3 Å². The molecule has 0 saturated carbocycles. The number of guanidine groups is 1. The predicted molar refractivity (Wildman–Crippen MR) is 121 cm³/mol. The number of aliphatic imine (C=N–C) groups is 1. The van der Waals surface area contributed by atoms with Gasteiger partial charge in [0.2, 0.25) is 5.91 Å². The number of carbonyl (C=O) groups excluding carboxylic acids is 1. The Morgan fingerprint density at radius 1 is 1.10 bits per heavy atom. The lowest BCUT2D eigenvalue weighted by Gasteiger charge is -2.39. The first-order chi connectivity index (χ1) is 14.5. The molecule has 2 heterocycles. The summed E-state index contributed by atoms with van der Waals surface area (Å²) in [5.41, 5.74) is 0. The maximum absolute atomic E-state index is 12.7. The Morgan fingerprint density at radius 2 is 1.77 bits per heavy atom. The highest BCUT2D eigenvalue weighted by Crippen LogP contribution is 2.24. The predicted octanol–water partition coefficient (Wildman–Crippen LogP) is 2.31. The highest BCUT2D eigenvalue weighted by atomic mass is 35.5. The Morgan fingerprint density at radius 3 is 2.40 bits per heavy atom. The van der Waals surface area contributed by atoms with Crippen molar-refractivity contribution in [2.75, 3.05) is 52.9 Å². The van der Waals surface area contributed by atoms with Crippen LogP contribution in [0.2, 0.25) is 5.02 Å². The van der Waals surface area contributed by atoms with Crippen LogP contribution in [0.3, 0.4) is 0 Å². The summed E-state index contributed by atoms with van der Waals surface area (Å²) >= 11 is 6.17. The summed E-state index contributed by atoms with van der Waals surface area (Å²) in [6.07, 6.45) is 2.21. The minimum absolute atomic E-state index is 0.0516. The highest BCUT2D eigenvalue weighted by Gasteiger charge is 2.30. The van der Waals surface area contributed by atoms with Gasteiger partial charge >= 0.3 is 0 Å². The lowest BCUT2D eigenvalue weighted by molar-refractivity contribution is -0.135. The van der Waals surface area contributed by atoms with Gasteiger partial charge in [-0.05, 0) is 38.8 Å². The van der Waals surface area contributed by atoms with E-state index in [2.05, 4.69) is 20.1 Å². The minimum atomic E-state index is -0.0546. The molecule has 30 heavy (non-hydrogen) atoms. The van der Waals surface area contributed by atoms with Crippen molar-refractivity contribution in [3.8, 4) is 5.75 Å². The zero-order valence-electron chi connectivity index (χ0n) is 18.3. The van der Waals surface area contributed by atoms with Crippen molar-refractivity contribution >= 4 is 23.5 Å². The summed E-state index contributed by atoms with van der Waals surface area (Å²) in [7, 11) is 1.80. The summed E-state index contributed by atoms with van der Waals surface area (Å²) in [6.45, 7) is 9.89. The second kappa shape index (κ2) is 10.9. The Balaban J connectivity index is 1.44. The zero-order valence-corrected chi connectivity index (χ0v) is 19.1. The number of rotatable bonds is 6. The number of hydrogen-bond acceptors (Lipinski definition) is 4. The molecule has 166 valence electrons. The van der Waals surface area contributed by atoms with E-state index in [0.29, 0.717) is 17.3 Å². The van der Waals surface area contributed by atoms with E-state index in [0.717, 1.165) is 58.1 Å². The molecule has 7 nitrogen and oxygen atoms in total. The molecule has 2 fully saturated rings. The minimum Gasteiger partial charge on any atom is -0.487 e. The Bertz CT molecular complexity index is 730. The number of amides is 1. The van der Waals surface area contributed by atoms with Gasteiger partial charge in [-0.3, -0.25) is 14.7 Å². The second-order valence-corrected chi connectivity index (χ2v) is 8.43. The lowest BCUT2D eigenvalue weighted by atomic mass is 10.2. The van der Waals surface area contributed by atoms with Gasteiger partial charge in [0.1, 0.15) is 11.9 Å². The third-order valence-electron chi connectivity index (χ3n) is 5.86. The van der Waals surface area contributed by atoms with E-state index < -0.39 is 0 Å². The summed E-state index contributed by atoms with van der Waals surface area (Å²) in [4.78, 5) is 23.7. The number of nitrogens with zero attached hydrogens (tertiary/aromatic N) is 4. The largest absolute Gasteiger partial charge is 0.487 e. The van der Waals surface area contributed by atoms with E-state index >= 15 is 0 Å². The third kappa shape index (κ3) is 5.79. The molecule has 0 radical (unpaired) electrons. The number of nitrogens with one attached hydrogen (secondary N) is 1. The molecule has 3 rings (SSSR count). The maximum atomic E-state index is 12.7. The fourth-order valence-corrected chi connectivity index (χ4v) is 4.23. The summed E-state index contributed by atoms with van der Waals surface area (Å²) in [5, 5.41) is 4.02. The number of piperazine rings is 1. The average Bonchev–Trinajstić information content (AvgIpc) is 3.30. The van der Waals surface area contributed by atoms with Crippen LogP contribution in [0.1, 0.15) is 26.7 Å². The number of likely N-dealkylation sites (tertiary alicyclic amines) is 1. The van der Waals surface area contributed by atoms with Crippen LogP contribution in [-0.2, 0) is 4.79 Å². The molecule has 2 aliphatic rings.